The molecule has 1 aliphatic carbocycles. The van der Waals surface area contributed by atoms with E-state index in [-0.39, 0.29) is 17.9 Å². The molecule has 0 unspecified atom stereocenters. The second-order valence-electron chi connectivity index (χ2n) is 7.87. The smallest absolute Gasteiger partial charge is 0.275 e. The first-order valence-electron chi connectivity index (χ1n) is 9.85. The Kier molecular flexibility index (Phi) is 7.95. The lowest BCUT2D eigenvalue weighted by molar-refractivity contribution is -0.119. The van der Waals surface area contributed by atoms with Crippen molar-refractivity contribution >= 4 is 17.6 Å². The lowest BCUT2D eigenvalue weighted by Crippen LogP contribution is -2.27. The van der Waals surface area contributed by atoms with E-state index >= 15 is 0 Å². The standard InChI is InChI=1S/C15H21N5O2.C5H11NO/c1-9-4-10(5-9)12-7-14(18-17-12)16-15(21)13-6-11(8-22-3)19-20(13)2;1-4(2)6-5(3)7/h6-7,9-10H,4-5,8H2,1-3H3,(H2,16,17,18,21);4H,1-3H3,(H,6,7). The molecule has 2 heterocycles. The molecule has 0 bridgehead atoms. The van der Waals surface area contributed by atoms with Crippen LogP contribution in [-0.2, 0) is 23.2 Å². The van der Waals surface area contributed by atoms with Crippen molar-refractivity contribution in [1.29, 1.82) is 0 Å². The summed E-state index contributed by atoms with van der Waals surface area (Å²) in [6.07, 6.45) is 2.36. The first-order chi connectivity index (χ1) is 13.7. The summed E-state index contributed by atoms with van der Waals surface area (Å²) in [5.41, 5.74) is 2.30. The first kappa shape index (κ1) is 22.6. The van der Waals surface area contributed by atoms with Gasteiger partial charge in [-0.1, -0.05) is 6.92 Å². The summed E-state index contributed by atoms with van der Waals surface area (Å²) < 4.78 is 6.57. The van der Waals surface area contributed by atoms with Gasteiger partial charge in [-0.05, 0) is 38.7 Å². The van der Waals surface area contributed by atoms with Crippen molar-refractivity contribution < 1.29 is 14.3 Å². The van der Waals surface area contributed by atoms with Crippen LogP contribution in [0.25, 0.3) is 0 Å². The van der Waals surface area contributed by atoms with Gasteiger partial charge in [0.1, 0.15) is 5.69 Å². The predicted octanol–water partition coefficient (Wildman–Crippen LogP) is 2.59. The number of methoxy groups -OCH3 is 1. The number of carbonyl (C=O) groups excluding carboxylic acids is 2. The van der Waals surface area contributed by atoms with Gasteiger partial charge in [-0.25, -0.2) is 0 Å². The molecule has 2 aromatic rings. The summed E-state index contributed by atoms with van der Waals surface area (Å²) in [6.45, 7) is 8.01. The van der Waals surface area contributed by atoms with Gasteiger partial charge >= 0.3 is 0 Å². The summed E-state index contributed by atoms with van der Waals surface area (Å²) in [4.78, 5) is 22.4. The van der Waals surface area contributed by atoms with Crippen molar-refractivity contribution in [3.63, 3.8) is 0 Å². The Balaban J connectivity index is 0.000000370. The number of hydrogen-bond acceptors (Lipinski definition) is 5. The van der Waals surface area contributed by atoms with E-state index in [4.69, 9.17) is 4.74 Å². The average Bonchev–Trinajstić information content (AvgIpc) is 3.18. The highest BCUT2D eigenvalue weighted by atomic mass is 16.5. The van der Waals surface area contributed by atoms with Crippen LogP contribution >= 0.6 is 0 Å². The maximum absolute atomic E-state index is 12.3. The predicted molar refractivity (Wildman–Crippen MR) is 111 cm³/mol. The van der Waals surface area contributed by atoms with Gasteiger partial charge in [0.15, 0.2) is 5.82 Å². The zero-order chi connectivity index (χ0) is 21.6. The van der Waals surface area contributed by atoms with Gasteiger partial charge in [-0.2, -0.15) is 10.2 Å². The molecule has 9 nitrogen and oxygen atoms in total. The van der Waals surface area contributed by atoms with E-state index in [9.17, 15) is 9.59 Å². The van der Waals surface area contributed by atoms with E-state index in [0.717, 1.165) is 17.3 Å². The van der Waals surface area contributed by atoms with Crippen LogP contribution in [0.15, 0.2) is 12.1 Å². The first-order valence-corrected chi connectivity index (χ1v) is 9.85. The van der Waals surface area contributed by atoms with Gasteiger partial charge in [-0.3, -0.25) is 19.4 Å². The minimum atomic E-state index is -0.225. The highest BCUT2D eigenvalue weighted by Crippen LogP contribution is 2.40. The number of hydrogen-bond donors (Lipinski definition) is 3. The number of aromatic amines is 1. The number of anilines is 1. The number of amides is 2. The second-order valence-corrected chi connectivity index (χ2v) is 7.87. The van der Waals surface area contributed by atoms with Crippen LogP contribution in [0.2, 0.25) is 0 Å². The number of aromatic nitrogens is 4. The number of nitrogens with zero attached hydrogens (tertiary/aromatic N) is 3. The highest BCUT2D eigenvalue weighted by Gasteiger charge is 2.28. The van der Waals surface area contributed by atoms with Crippen LogP contribution in [0, 0.1) is 5.92 Å². The Morgan fingerprint density at radius 3 is 2.55 bits per heavy atom. The Morgan fingerprint density at radius 1 is 1.34 bits per heavy atom. The molecule has 2 aromatic heterocycles. The fourth-order valence-electron chi connectivity index (χ4n) is 3.31. The normalized spacial score (nSPS) is 17.9. The number of rotatable bonds is 6. The molecule has 3 rings (SSSR count). The zero-order valence-corrected chi connectivity index (χ0v) is 18.1. The van der Waals surface area contributed by atoms with Crippen molar-refractivity contribution in [3.05, 3.63) is 29.2 Å². The van der Waals surface area contributed by atoms with E-state index in [0.29, 0.717) is 24.0 Å². The van der Waals surface area contributed by atoms with Gasteiger partial charge in [0.2, 0.25) is 5.91 Å². The topological polar surface area (TPSA) is 114 Å². The molecule has 9 heteroatoms. The molecule has 0 spiro atoms. The third kappa shape index (κ3) is 6.70. The van der Waals surface area contributed by atoms with Crippen molar-refractivity contribution in [1.82, 2.24) is 25.3 Å². The molecule has 2 amide bonds. The van der Waals surface area contributed by atoms with Crippen molar-refractivity contribution in [2.75, 3.05) is 12.4 Å². The van der Waals surface area contributed by atoms with Gasteiger partial charge < -0.3 is 15.4 Å². The van der Waals surface area contributed by atoms with Gasteiger partial charge in [-0.15, -0.1) is 0 Å². The molecular weight excluding hydrogens is 372 g/mol. The highest BCUT2D eigenvalue weighted by molar-refractivity contribution is 6.02. The molecule has 29 heavy (non-hydrogen) atoms. The van der Waals surface area contributed by atoms with E-state index in [1.54, 1.807) is 24.9 Å². The number of aryl methyl sites for hydroxylation is 1. The fourth-order valence-corrected chi connectivity index (χ4v) is 3.31. The van der Waals surface area contributed by atoms with Crippen molar-refractivity contribution in [2.24, 2.45) is 13.0 Å². The fraction of sp³-hybridized carbons (Fsp3) is 0.600. The molecule has 0 aromatic carbocycles. The number of ether oxygens (including phenoxy) is 1. The SMILES string of the molecule is CC(=O)NC(C)C.COCc1cc(C(=O)Nc2cc(C3CC(C)C3)[nH]n2)n(C)n1. The lowest BCUT2D eigenvalue weighted by Gasteiger charge is -2.31. The number of H-pyrrole nitrogens is 1. The third-order valence-corrected chi connectivity index (χ3v) is 4.60. The molecule has 1 aliphatic rings. The van der Waals surface area contributed by atoms with E-state index in [1.807, 2.05) is 19.9 Å². The van der Waals surface area contributed by atoms with Crippen LogP contribution < -0.4 is 10.6 Å². The van der Waals surface area contributed by atoms with E-state index < -0.39 is 0 Å². The molecule has 1 saturated carbocycles. The van der Waals surface area contributed by atoms with Crippen LogP contribution in [0.5, 0.6) is 0 Å². The molecule has 160 valence electrons. The third-order valence-electron chi connectivity index (χ3n) is 4.60. The molecule has 1 fully saturated rings. The lowest BCUT2D eigenvalue weighted by atomic mass is 9.74. The largest absolute Gasteiger partial charge is 0.378 e. The average molecular weight is 405 g/mol. The minimum Gasteiger partial charge on any atom is -0.378 e. The van der Waals surface area contributed by atoms with Crippen LogP contribution in [-0.4, -0.2) is 44.9 Å². The summed E-state index contributed by atoms with van der Waals surface area (Å²) >= 11 is 0. The zero-order valence-electron chi connectivity index (χ0n) is 18.1. The van der Waals surface area contributed by atoms with Crippen LogP contribution in [0.3, 0.4) is 0 Å². The van der Waals surface area contributed by atoms with E-state index in [1.165, 1.54) is 19.8 Å². The molecule has 3 N–H and O–H groups in total. The molecule has 0 radical (unpaired) electrons. The molecule has 0 aliphatic heterocycles. The Hall–Kier alpha value is -2.68. The summed E-state index contributed by atoms with van der Waals surface area (Å²) in [5, 5.41) is 16.9. The van der Waals surface area contributed by atoms with Gasteiger partial charge in [0.05, 0.1) is 12.3 Å². The monoisotopic (exact) mass is 404 g/mol. The quantitative estimate of drug-likeness (QED) is 0.685. The van der Waals surface area contributed by atoms with E-state index in [2.05, 4.69) is 32.9 Å². The Bertz CT molecular complexity index is 820. The maximum Gasteiger partial charge on any atom is 0.275 e. The summed E-state index contributed by atoms with van der Waals surface area (Å²) in [7, 11) is 3.33. The van der Waals surface area contributed by atoms with Crippen molar-refractivity contribution in [2.45, 2.75) is 59.1 Å². The van der Waals surface area contributed by atoms with Crippen molar-refractivity contribution in [3.8, 4) is 0 Å². The number of nitrogens with one attached hydrogen (secondary N) is 3. The van der Waals surface area contributed by atoms with Gasteiger partial charge in [0, 0.05) is 44.8 Å². The molecule has 0 saturated heterocycles. The van der Waals surface area contributed by atoms with Crippen LogP contribution in [0.4, 0.5) is 5.82 Å². The summed E-state index contributed by atoms with van der Waals surface area (Å²) in [6, 6.07) is 3.92. The second kappa shape index (κ2) is 10.2. The number of carbonyl (C=O) groups is 2. The molecule has 0 atom stereocenters. The van der Waals surface area contributed by atoms with Crippen LogP contribution in [0.1, 0.15) is 68.3 Å². The Morgan fingerprint density at radius 2 is 2.03 bits per heavy atom. The summed E-state index contributed by atoms with van der Waals surface area (Å²) in [5.74, 6) is 1.68. The minimum absolute atomic E-state index is 0.0370. The van der Waals surface area contributed by atoms with Gasteiger partial charge in [0.25, 0.3) is 5.91 Å². The molecular formula is C20H32N6O3. The Labute approximate surface area is 171 Å². The maximum atomic E-state index is 12.3.